The predicted molar refractivity (Wildman–Crippen MR) is 192 cm³/mol. The van der Waals surface area contributed by atoms with Crippen molar-refractivity contribution in [1.29, 1.82) is 0 Å². The first-order chi connectivity index (χ1) is 23.6. The average molecular weight is 774 g/mol. The summed E-state index contributed by atoms with van der Waals surface area (Å²) in [4.78, 5) is 68.7. The molecule has 0 aliphatic carbocycles. The van der Waals surface area contributed by atoms with Crippen molar-refractivity contribution in [1.82, 2.24) is 26.6 Å². The van der Waals surface area contributed by atoms with Crippen LogP contribution >= 0.6 is 21.6 Å². The smallest absolute Gasteiger partial charge is 0.305 e. The summed E-state index contributed by atoms with van der Waals surface area (Å²) in [6, 6.07) is 0. The molecule has 0 saturated carbocycles. The first kappa shape index (κ1) is 50.4. The van der Waals surface area contributed by atoms with E-state index in [1.54, 1.807) is 27.7 Å². The third-order valence-electron chi connectivity index (χ3n) is 7.23. The molecule has 0 aliphatic rings. The van der Waals surface area contributed by atoms with Gasteiger partial charge in [-0.3, -0.25) is 28.8 Å². The molecular formula is C31H59N5O13S2. The van der Waals surface area contributed by atoms with Gasteiger partial charge in [0.2, 0.25) is 29.5 Å². The highest BCUT2D eigenvalue weighted by Crippen LogP contribution is 2.21. The monoisotopic (exact) mass is 773 g/mol. The number of aliphatic hydroxyl groups excluding tert-OH is 6. The van der Waals surface area contributed by atoms with Gasteiger partial charge in [0.1, 0.15) is 18.3 Å². The lowest BCUT2D eigenvalue weighted by Crippen LogP contribution is -2.46. The average Bonchev–Trinajstić information content (AvgIpc) is 3.07. The molecule has 0 spiro atoms. The number of carboxylic acids is 1. The summed E-state index contributed by atoms with van der Waals surface area (Å²) in [5.74, 6) is -2.12. The molecule has 3 atom stereocenters. The van der Waals surface area contributed by atoms with Crippen LogP contribution in [0.15, 0.2) is 0 Å². The van der Waals surface area contributed by atoms with E-state index in [1.165, 1.54) is 35.4 Å². The third-order valence-corrected chi connectivity index (χ3v) is 9.64. The number of carbonyl (C=O) groups is 6. The Bertz CT molecular complexity index is 1040. The van der Waals surface area contributed by atoms with E-state index < -0.39 is 58.2 Å². The summed E-state index contributed by atoms with van der Waals surface area (Å²) in [5.41, 5.74) is -2.87. The summed E-state index contributed by atoms with van der Waals surface area (Å²) >= 11 is 0. The van der Waals surface area contributed by atoms with Crippen molar-refractivity contribution in [2.45, 2.75) is 79.1 Å². The number of rotatable bonds is 25. The van der Waals surface area contributed by atoms with Crippen LogP contribution in [0.2, 0.25) is 0 Å². The molecule has 18 nitrogen and oxygen atoms in total. The maximum absolute atomic E-state index is 11.8. The fourth-order valence-corrected chi connectivity index (χ4v) is 5.08. The van der Waals surface area contributed by atoms with Crippen LogP contribution in [0.5, 0.6) is 0 Å². The molecule has 12 N–H and O–H groups in total. The molecule has 5 amide bonds. The van der Waals surface area contributed by atoms with Gasteiger partial charge < -0.3 is 62.3 Å². The first-order valence-corrected chi connectivity index (χ1v) is 18.8. The van der Waals surface area contributed by atoms with Crippen molar-refractivity contribution in [2.24, 2.45) is 16.2 Å². The molecular weight excluding hydrogens is 714 g/mol. The zero-order valence-corrected chi connectivity index (χ0v) is 32.0. The lowest BCUT2D eigenvalue weighted by atomic mass is 9.87. The number of nitrogens with one attached hydrogen (secondary N) is 5. The van der Waals surface area contributed by atoms with E-state index >= 15 is 0 Å². The highest BCUT2D eigenvalue weighted by Gasteiger charge is 2.34. The molecule has 0 aromatic carbocycles. The van der Waals surface area contributed by atoms with Gasteiger partial charge in [-0.2, -0.15) is 0 Å². The number of amides is 5. The molecule has 0 heterocycles. The number of hydrogen-bond donors (Lipinski definition) is 12. The minimum Gasteiger partial charge on any atom is -0.481 e. The van der Waals surface area contributed by atoms with Crippen LogP contribution in [0.3, 0.4) is 0 Å². The van der Waals surface area contributed by atoms with Crippen LogP contribution in [0.4, 0.5) is 0 Å². The Morgan fingerprint density at radius 1 is 0.490 bits per heavy atom. The minimum atomic E-state index is -1.37. The molecule has 2 unspecified atom stereocenters. The van der Waals surface area contributed by atoms with Crippen LogP contribution in [0.1, 0.15) is 60.8 Å². The summed E-state index contributed by atoms with van der Waals surface area (Å²) < 4.78 is 0. The second-order valence-electron chi connectivity index (χ2n) is 13.5. The van der Waals surface area contributed by atoms with Gasteiger partial charge in [0.15, 0.2) is 0 Å². The Morgan fingerprint density at radius 2 is 0.765 bits per heavy atom. The van der Waals surface area contributed by atoms with Gasteiger partial charge in [-0.25, -0.2) is 0 Å². The molecule has 0 aliphatic heterocycles. The third kappa shape index (κ3) is 22.7. The largest absolute Gasteiger partial charge is 0.481 e. The quantitative estimate of drug-likeness (QED) is 0.0333. The Morgan fingerprint density at radius 3 is 1.02 bits per heavy atom. The van der Waals surface area contributed by atoms with Crippen LogP contribution < -0.4 is 26.6 Å². The normalized spacial score (nSPS) is 13.4. The summed E-state index contributed by atoms with van der Waals surface area (Å²) in [6.07, 6.45) is -4.14. The number of carboxylic acid groups (broad SMARTS) is 1. The number of aliphatic carboxylic acids is 1. The lowest BCUT2D eigenvalue weighted by molar-refractivity contribution is -0.139. The second kappa shape index (κ2) is 26.1. The highest BCUT2D eigenvalue weighted by molar-refractivity contribution is 8.76. The first-order valence-electron chi connectivity index (χ1n) is 16.3. The summed E-state index contributed by atoms with van der Waals surface area (Å²) in [5, 5.41) is 77.5. The molecule has 0 aromatic rings. The van der Waals surface area contributed by atoms with Crippen molar-refractivity contribution < 1.29 is 64.5 Å². The van der Waals surface area contributed by atoms with Crippen molar-refractivity contribution in [2.75, 3.05) is 64.1 Å². The number of carbonyl (C=O) groups excluding carboxylic acids is 5. The summed E-state index contributed by atoms with van der Waals surface area (Å²) in [7, 11) is 3.07. The van der Waals surface area contributed by atoms with E-state index in [9.17, 15) is 54.3 Å². The molecule has 0 saturated heterocycles. The maximum atomic E-state index is 11.8. The molecule has 298 valence electrons. The van der Waals surface area contributed by atoms with Gasteiger partial charge in [0.25, 0.3) is 0 Å². The fraction of sp³-hybridized carbons (Fsp3) is 0.806. The van der Waals surface area contributed by atoms with Gasteiger partial charge >= 0.3 is 5.97 Å². The minimum absolute atomic E-state index is 0.0350. The molecule has 0 fully saturated rings. The van der Waals surface area contributed by atoms with Crippen LogP contribution in [0, 0.1) is 16.2 Å². The van der Waals surface area contributed by atoms with Crippen molar-refractivity contribution in [3.05, 3.63) is 0 Å². The van der Waals surface area contributed by atoms with Crippen LogP contribution in [0.25, 0.3) is 0 Å². The zero-order chi connectivity index (χ0) is 39.8. The molecule has 51 heavy (non-hydrogen) atoms. The van der Waals surface area contributed by atoms with Crippen molar-refractivity contribution in [3.8, 4) is 0 Å². The maximum Gasteiger partial charge on any atom is 0.305 e. The van der Waals surface area contributed by atoms with Gasteiger partial charge in [0, 0.05) is 73.3 Å². The molecule has 0 bridgehead atoms. The Kier molecular flexibility index (Phi) is 25.8. The summed E-state index contributed by atoms with van der Waals surface area (Å²) in [6.45, 7) is 9.29. The number of hydrogen-bond acceptors (Lipinski definition) is 14. The number of aliphatic hydroxyl groups is 6. The van der Waals surface area contributed by atoms with Crippen LogP contribution in [-0.2, 0) is 28.8 Å². The standard InChI is InChI=1S/C22H42N4O8S2.C9H17NO5/c1-21(2,13-27)17(31)19(33)25-7-5-15(29)23-9-11-35-36-12-10-24-16(30)6-8-26-20(34)18(32)22(3,4)14-28;1-9(2,5-11)7(14)8(15)10-4-3-6(12)13/h17-18,27-28,31-32H,5-14H2,1-4H3,(H,23,29)(H,24,30)(H,25,33)(H,26,34);7,11,14H,3-5H2,1-2H3,(H,10,15)(H,12,13)/t;7-/m.0/s1. The van der Waals surface area contributed by atoms with E-state index in [2.05, 4.69) is 26.6 Å². The van der Waals surface area contributed by atoms with Crippen molar-refractivity contribution >= 4 is 57.1 Å². The van der Waals surface area contributed by atoms with Gasteiger partial charge in [0.05, 0.1) is 26.2 Å². The Balaban J connectivity index is 0. The molecule has 0 radical (unpaired) electrons. The highest BCUT2D eigenvalue weighted by atomic mass is 33.1. The van der Waals surface area contributed by atoms with Gasteiger partial charge in [-0.05, 0) is 0 Å². The Labute approximate surface area is 307 Å². The van der Waals surface area contributed by atoms with E-state index in [-0.39, 0.29) is 70.5 Å². The predicted octanol–water partition coefficient (Wildman–Crippen LogP) is -2.67. The van der Waals surface area contributed by atoms with E-state index in [0.717, 1.165) is 0 Å². The second-order valence-corrected chi connectivity index (χ2v) is 16.2. The van der Waals surface area contributed by atoms with Crippen LogP contribution in [-0.4, -0.2) is 154 Å². The SMILES string of the molecule is CC(C)(CO)C(O)C(=O)NCCC(=O)NCCSSCCNC(=O)CCNC(=O)C(O)C(C)(C)CO.CC(C)(CO)[C@@H](O)C(=O)NCCC(=O)O. The van der Waals surface area contributed by atoms with Gasteiger partial charge in [-0.15, -0.1) is 0 Å². The van der Waals surface area contributed by atoms with E-state index in [1.807, 2.05) is 0 Å². The van der Waals surface area contributed by atoms with Crippen molar-refractivity contribution in [3.63, 3.8) is 0 Å². The lowest BCUT2D eigenvalue weighted by Gasteiger charge is -2.27. The zero-order valence-electron chi connectivity index (χ0n) is 30.3. The van der Waals surface area contributed by atoms with Gasteiger partial charge in [-0.1, -0.05) is 63.1 Å². The fourth-order valence-electron chi connectivity index (χ4n) is 3.26. The van der Waals surface area contributed by atoms with E-state index in [4.69, 9.17) is 10.2 Å². The molecule has 0 rings (SSSR count). The topological polar surface area (TPSA) is 304 Å². The molecule has 20 heteroatoms. The van der Waals surface area contributed by atoms with E-state index in [0.29, 0.717) is 24.6 Å². The molecule has 0 aromatic heterocycles. The Hall–Kier alpha value is -2.72.